The second-order valence-electron chi connectivity index (χ2n) is 4.42. The molecule has 1 atom stereocenters. The Morgan fingerprint density at radius 2 is 1.85 bits per heavy atom. The average molecular weight is 394 g/mol. The van der Waals surface area contributed by atoms with Crippen molar-refractivity contribution in [1.82, 2.24) is 5.32 Å². The molecule has 0 saturated carbocycles. The van der Waals surface area contributed by atoms with Gasteiger partial charge in [-0.1, -0.05) is 68.9 Å². The maximum absolute atomic E-state index is 6.31. The summed E-state index contributed by atoms with van der Waals surface area (Å²) in [5, 5.41) is 5.16. The molecular weight excluding hydrogens is 380 g/mol. The molecule has 106 valence electrons. The first-order chi connectivity index (χ1) is 9.52. The van der Waals surface area contributed by atoms with Crippen LogP contribution < -0.4 is 5.32 Å². The number of nitrogens with one attached hydrogen (secondary N) is 1. The quantitative estimate of drug-likeness (QED) is 0.681. The molecule has 0 spiro atoms. The van der Waals surface area contributed by atoms with Crippen molar-refractivity contribution in [3.63, 3.8) is 0 Å². The lowest BCUT2D eigenvalue weighted by atomic mass is 9.99. The molecule has 0 bridgehead atoms. The lowest BCUT2D eigenvalue weighted by molar-refractivity contribution is 0.592. The van der Waals surface area contributed by atoms with Crippen molar-refractivity contribution in [2.45, 2.75) is 12.5 Å². The molecule has 0 aliphatic carbocycles. The molecule has 1 N–H and O–H groups in total. The maximum atomic E-state index is 6.31. The van der Waals surface area contributed by atoms with E-state index in [4.69, 9.17) is 34.8 Å². The van der Waals surface area contributed by atoms with Gasteiger partial charge in [0.25, 0.3) is 0 Å². The van der Waals surface area contributed by atoms with E-state index in [2.05, 4.69) is 21.2 Å². The summed E-state index contributed by atoms with van der Waals surface area (Å²) in [7, 11) is 1.90. The topological polar surface area (TPSA) is 12.0 Å². The minimum absolute atomic E-state index is 0.0755. The van der Waals surface area contributed by atoms with Crippen LogP contribution in [0.5, 0.6) is 0 Å². The van der Waals surface area contributed by atoms with E-state index in [0.29, 0.717) is 10.0 Å². The lowest BCUT2D eigenvalue weighted by Crippen LogP contribution is -2.19. The van der Waals surface area contributed by atoms with Crippen molar-refractivity contribution in [1.29, 1.82) is 0 Å². The van der Waals surface area contributed by atoms with Gasteiger partial charge in [-0.3, -0.25) is 0 Å². The number of likely N-dealkylation sites (N-methyl/N-ethyl adjacent to an activating group) is 1. The van der Waals surface area contributed by atoms with Crippen LogP contribution in [0.15, 0.2) is 40.9 Å². The fraction of sp³-hybridized carbons (Fsp3) is 0.200. The molecule has 1 unspecified atom stereocenters. The summed E-state index contributed by atoms with van der Waals surface area (Å²) in [4.78, 5) is 0. The second kappa shape index (κ2) is 7.15. The second-order valence-corrected chi connectivity index (χ2v) is 6.53. The van der Waals surface area contributed by atoms with Gasteiger partial charge in [-0.05, 0) is 42.8 Å². The van der Waals surface area contributed by atoms with Crippen LogP contribution in [0.1, 0.15) is 17.2 Å². The molecular formula is C15H13BrCl3N. The van der Waals surface area contributed by atoms with Crippen LogP contribution in [-0.4, -0.2) is 7.05 Å². The third kappa shape index (κ3) is 3.69. The fourth-order valence-corrected chi connectivity index (χ4v) is 3.28. The molecule has 0 radical (unpaired) electrons. The molecule has 20 heavy (non-hydrogen) atoms. The van der Waals surface area contributed by atoms with Crippen molar-refractivity contribution in [2.24, 2.45) is 0 Å². The van der Waals surface area contributed by atoms with E-state index in [9.17, 15) is 0 Å². The third-order valence-corrected chi connectivity index (χ3v) is 4.82. The van der Waals surface area contributed by atoms with Crippen molar-refractivity contribution in [3.05, 3.63) is 67.1 Å². The Bertz CT molecular complexity index is 616. The molecule has 5 heteroatoms. The van der Waals surface area contributed by atoms with Gasteiger partial charge >= 0.3 is 0 Å². The normalized spacial score (nSPS) is 12.4. The van der Waals surface area contributed by atoms with Crippen LogP contribution in [0.3, 0.4) is 0 Å². The van der Waals surface area contributed by atoms with Crippen LogP contribution in [0.4, 0.5) is 0 Å². The van der Waals surface area contributed by atoms with Gasteiger partial charge in [0.05, 0.1) is 10.0 Å². The zero-order chi connectivity index (χ0) is 14.7. The van der Waals surface area contributed by atoms with E-state index in [1.54, 1.807) is 6.07 Å². The number of benzene rings is 2. The predicted octanol–water partition coefficient (Wildman–Crippen LogP) is 5.91. The van der Waals surface area contributed by atoms with Crippen molar-refractivity contribution >= 4 is 50.7 Å². The number of rotatable bonds is 4. The van der Waals surface area contributed by atoms with Crippen molar-refractivity contribution in [2.75, 3.05) is 7.05 Å². The first-order valence-electron chi connectivity index (χ1n) is 6.08. The molecule has 0 aromatic heterocycles. The SMILES string of the molecule is CNC(Cc1cccc(Cl)c1Cl)c1ccc(Br)cc1Cl. The molecule has 0 amide bonds. The minimum Gasteiger partial charge on any atom is -0.313 e. The Kier molecular flexibility index (Phi) is 5.76. The summed E-state index contributed by atoms with van der Waals surface area (Å²) in [5.41, 5.74) is 2.03. The summed E-state index contributed by atoms with van der Waals surface area (Å²) in [6.45, 7) is 0. The summed E-state index contributed by atoms with van der Waals surface area (Å²) < 4.78 is 0.960. The standard InChI is InChI=1S/C15H13BrCl3N/c1-20-14(11-6-5-10(16)8-13(11)18)7-9-3-2-4-12(17)15(9)19/h2-6,8,14,20H,7H2,1H3. The Morgan fingerprint density at radius 3 is 2.50 bits per heavy atom. The van der Waals surface area contributed by atoms with Crippen molar-refractivity contribution in [3.8, 4) is 0 Å². The maximum Gasteiger partial charge on any atom is 0.0624 e. The summed E-state index contributed by atoms with van der Waals surface area (Å²) >= 11 is 22.0. The smallest absolute Gasteiger partial charge is 0.0624 e. The largest absolute Gasteiger partial charge is 0.313 e. The summed E-state index contributed by atoms with van der Waals surface area (Å²) in [5.74, 6) is 0. The van der Waals surface area contributed by atoms with Gasteiger partial charge in [-0.25, -0.2) is 0 Å². The van der Waals surface area contributed by atoms with E-state index < -0.39 is 0 Å². The highest BCUT2D eigenvalue weighted by Crippen LogP contribution is 2.32. The van der Waals surface area contributed by atoms with Gasteiger partial charge in [0.1, 0.15) is 0 Å². The highest BCUT2D eigenvalue weighted by molar-refractivity contribution is 9.10. The predicted molar refractivity (Wildman–Crippen MR) is 91.1 cm³/mol. The van der Waals surface area contributed by atoms with E-state index in [-0.39, 0.29) is 6.04 Å². The lowest BCUT2D eigenvalue weighted by Gasteiger charge is -2.19. The van der Waals surface area contributed by atoms with Gasteiger partial charge in [0.15, 0.2) is 0 Å². The van der Waals surface area contributed by atoms with Gasteiger partial charge in [-0.2, -0.15) is 0 Å². The first kappa shape index (κ1) is 16.1. The van der Waals surface area contributed by atoms with Crippen LogP contribution in [-0.2, 0) is 6.42 Å². The highest BCUT2D eigenvalue weighted by atomic mass is 79.9. The minimum atomic E-state index is 0.0755. The molecule has 0 saturated heterocycles. The number of halogens is 4. The van der Waals surface area contributed by atoms with E-state index in [1.165, 1.54) is 0 Å². The van der Waals surface area contributed by atoms with Gasteiger partial charge in [0, 0.05) is 15.5 Å². The fourth-order valence-electron chi connectivity index (χ4n) is 2.08. The first-order valence-corrected chi connectivity index (χ1v) is 8.00. The molecule has 0 fully saturated rings. The Balaban J connectivity index is 2.31. The number of hydrogen-bond acceptors (Lipinski definition) is 1. The molecule has 0 aliphatic rings. The molecule has 0 heterocycles. The van der Waals surface area contributed by atoms with Crippen LogP contribution >= 0.6 is 50.7 Å². The van der Waals surface area contributed by atoms with E-state index >= 15 is 0 Å². The zero-order valence-corrected chi connectivity index (χ0v) is 14.6. The molecule has 1 nitrogen and oxygen atoms in total. The van der Waals surface area contributed by atoms with E-state index in [0.717, 1.165) is 27.0 Å². The average Bonchev–Trinajstić information content (AvgIpc) is 2.41. The van der Waals surface area contributed by atoms with Gasteiger partial charge < -0.3 is 5.32 Å². The van der Waals surface area contributed by atoms with Crippen LogP contribution in [0.2, 0.25) is 15.1 Å². The van der Waals surface area contributed by atoms with Crippen LogP contribution in [0.25, 0.3) is 0 Å². The molecule has 0 aliphatic heterocycles. The molecule has 2 aromatic carbocycles. The third-order valence-electron chi connectivity index (χ3n) is 3.14. The molecule has 2 rings (SSSR count). The molecule has 2 aromatic rings. The summed E-state index contributed by atoms with van der Waals surface area (Å²) in [6.07, 6.45) is 0.719. The van der Waals surface area contributed by atoms with Crippen molar-refractivity contribution < 1.29 is 0 Å². The Labute approximate surface area is 142 Å². The van der Waals surface area contributed by atoms with Gasteiger partial charge in [0.2, 0.25) is 0 Å². The highest BCUT2D eigenvalue weighted by Gasteiger charge is 2.16. The van der Waals surface area contributed by atoms with Crippen LogP contribution in [0, 0.1) is 0 Å². The summed E-state index contributed by atoms with van der Waals surface area (Å²) in [6, 6.07) is 11.6. The monoisotopic (exact) mass is 391 g/mol. The van der Waals surface area contributed by atoms with Gasteiger partial charge in [-0.15, -0.1) is 0 Å². The Morgan fingerprint density at radius 1 is 1.10 bits per heavy atom. The number of hydrogen-bond donors (Lipinski definition) is 1. The Hall–Kier alpha value is -0.250. The zero-order valence-electron chi connectivity index (χ0n) is 10.8. The van der Waals surface area contributed by atoms with E-state index in [1.807, 2.05) is 37.4 Å².